The molecule has 0 N–H and O–H groups in total. The highest BCUT2D eigenvalue weighted by Gasteiger charge is 2.29. The lowest BCUT2D eigenvalue weighted by atomic mass is 9.93. The van der Waals surface area contributed by atoms with Crippen LogP contribution in [0.25, 0.3) is 0 Å². The fourth-order valence-electron chi connectivity index (χ4n) is 0.869. The van der Waals surface area contributed by atoms with E-state index in [0.29, 0.717) is 6.42 Å². The maximum Gasteiger partial charge on any atom is 0.532 e. The first kappa shape index (κ1) is 15.6. The fourth-order valence-corrected chi connectivity index (χ4v) is 2.00. The van der Waals surface area contributed by atoms with Crippen LogP contribution in [0, 0.1) is 5.41 Å². The Kier molecular flexibility index (Phi) is 6.23. The Labute approximate surface area is 97.1 Å². The molecule has 0 aromatic rings. The van der Waals surface area contributed by atoms with Crippen LogP contribution in [0.3, 0.4) is 0 Å². The van der Waals surface area contributed by atoms with Gasteiger partial charge in [-0.25, -0.2) is 4.57 Å². The van der Waals surface area contributed by atoms with Crippen molar-refractivity contribution in [3.63, 3.8) is 0 Å². The molecule has 6 heteroatoms. The summed E-state index contributed by atoms with van der Waals surface area (Å²) in [5.41, 5.74) is 0.0628. The van der Waals surface area contributed by atoms with Crippen molar-refractivity contribution in [3.05, 3.63) is 0 Å². The molecule has 1 atom stereocenters. The van der Waals surface area contributed by atoms with E-state index in [1.165, 1.54) is 6.92 Å². The number of rotatable bonds is 6. The van der Waals surface area contributed by atoms with E-state index in [1.807, 2.05) is 20.8 Å². The Bertz CT molecular complexity index is 269. The number of hydrogen-bond donors (Lipinski definition) is 0. The molecule has 1 unspecified atom stereocenters. The summed E-state index contributed by atoms with van der Waals surface area (Å²) < 4.78 is 26.3. The van der Waals surface area contributed by atoms with E-state index in [1.54, 1.807) is 6.92 Å². The summed E-state index contributed by atoms with van der Waals surface area (Å²) in [6, 6.07) is 0. The molecule has 0 bridgehead atoms. The summed E-state index contributed by atoms with van der Waals surface area (Å²) in [4.78, 5) is 10.7. The van der Waals surface area contributed by atoms with Crippen molar-refractivity contribution in [1.82, 2.24) is 0 Å². The lowest BCUT2D eigenvalue weighted by Crippen LogP contribution is -2.11. The van der Waals surface area contributed by atoms with Crippen molar-refractivity contribution in [2.75, 3.05) is 13.2 Å². The van der Waals surface area contributed by atoms with E-state index in [2.05, 4.69) is 4.52 Å². The summed E-state index contributed by atoms with van der Waals surface area (Å²) in [6.45, 7) is 9.32. The predicted molar refractivity (Wildman–Crippen MR) is 61.0 cm³/mol. The first-order chi connectivity index (χ1) is 7.18. The minimum absolute atomic E-state index is 0.0628. The first-order valence-corrected chi connectivity index (χ1v) is 6.74. The van der Waals surface area contributed by atoms with E-state index < -0.39 is 13.8 Å². The second-order valence-electron chi connectivity index (χ2n) is 4.59. The molecule has 0 amide bonds. The van der Waals surface area contributed by atoms with Crippen LogP contribution in [-0.2, 0) is 22.9 Å². The van der Waals surface area contributed by atoms with Gasteiger partial charge in [-0.15, -0.1) is 0 Å². The third kappa shape index (κ3) is 7.85. The standard InChI is InChI=1S/C10H21O5P/c1-6-13-16(12,15-9(2)11)14-8-7-10(3,4)5/h6-8H2,1-5H3. The van der Waals surface area contributed by atoms with E-state index in [4.69, 9.17) is 9.05 Å². The Morgan fingerprint density at radius 3 is 2.19 bits per heavy atom. The molecule has 0 aromatic heterocycles. The van der Waals surface area contributed by atoms with Gasteiger partial charge in [0.15, 0.2) is 0 Å². The van der Waals surface area contributed by atoms with Crippen LogP contribution in [0.2, 0.25) is 0 Å². The zero-order valence-corrected chi connectivity index (χ0v) is 11.5. The lowest BCUT2D eigenvalue weighted by molar-refractivity contribution is -0.133. The van der Waals surface area contributed by atoms with Gasteiger partial charge in [0.2, 0.25) is 0 Å². The summed E-state index contributed by atoms with van der Waals surface area (Å²) in [5.74, 6) is -0.674. The largest absolute Gasteiger partial charge is 0.532 e. The summed E-state index contributed by atoms with van der Waals surface area (Å²) in [5, 5.41) is 0. The molecule has 5 nitrogen and oxygen atoms in total. The molecular weight excluding hydrogens is 231 g/mol. The van der Waals surface area contributed by atoms with Gasteiger partial charge in [-0.2, -0.15) is 0 Å². The second-order valence-corrected chi connectivity index (χ2v) is 6.19. The van der Waals surface area contributed by atoms with Gasteiger partial charge in [0, 0.05) is 6.92 Å². The van der Waals surface area contributed by atoms with E-state index >= 15 is 0 Å². The third-order valence-electron chi connectivity index (χ3n) is 1.63. The van der Waals surface area contributed by atoms with Crippen LogP contribution in [-0.4, -0.2) is 19.2 Å². The fraction of sp³-hybridized carbons (Fsp3) is 0.900. The molecule has 0 rings (SSSR count). The van der Waals surface area contributed by atoms with Crippen molar-refractivity contribution in [1.29, 1.82) is 0 Å². The minimum Gasteiger partial charge on any atom is -0.371 e. The normalized spacial score (nSPS) is 15.6. The van der Waals surface area contributed by atoms with Crippen molar-refractivity contribution in [2.45, 2.75) is 41.0 Å². The maximum absolute atomic E-state index is 11.8. The summed E-state index contributed by atoms with van der Waals surface area (Å²) >= 11 is 0. The van der Waals surface area contributed by atoms with Crippen LogP contribution in [0.1, 0.15) is 41.0 Å². The number of phosphoric ester groups is 1. The van der Waals surface area contributed by atoms with Gasteiger partial charge in [-0.05, 0) is 18.8 Å². The van der Waals surface area contributed by atoms with Gasteiger partial charge in [0.25, 0.3) is 0 Å². The summed E-state index contributed by atoms with van der Waals surface area (Å²) in [7, 11) is -3.71. The quantitative estimate of drug-likeness (QED) is 0.679. The Hall–Kier alpha value is -0.380. The molecule has 0 aliphatic carbocycles. The highest BCUT2D eigenvalue weighted by molar-refractivity contribution is 7.49. The SMILES string of the molecule is CCOP(=O)(OCCC(C)(C)C)OC(C)=O. The predicted octanol–water partition coefficient (Wildman–Crippen LogP) is 3.15. The van der Waals surface area contributed by atoms with Gasteiger partial charge < -0.3 is 4.52 Å². The molecular formula is C10H21O5P. The van der Waals surface area contributed by atoms with Gasteiger partial charge in [-0.3, -0.25) is 13.8 Å². The first-order valence-electron chi connectivity index (χ1n) is 5.28. The lowest BCUT2D eigenvalue weighted by Gasteiger charge is -2.20. The molecule has 96 valence electrons. The van der Waals surface area contributed by atoms with Crippen LogP contribution in [0.5, 0.6) is 0 Å². The third-order valence-corrected chi connectivity index (χ3v) is 3.18. The molecule has 0 aliphatic rings. The Morgan fingerprint density at radius 2 is 1.81 bits per heavy atom. The average molecular weight is 252 g/mol. The minimum atomic E-state index is -3.71. The zero-order valence-electron chi connectivity index (χ0n) is 10.6. The van der Waals surface area contributed by atoms with Crippen LogP contribution < -0.4 is 0 Å². The molecule has 16 heavy (non-hydrogen) atoms. The highest BCUT2D eigenvalue weighted by atomic mass is 31.2. The highest BCUT2D eigenvalue weighted by Crippen LogP contribution is 2.49. The molecule has 0 fully saturated rings. The van der Waals surface area contributed by atoms with Gasteiger partial charge in [0.05, 0.1) is 13.2 Å². The molecule has 0 saturated heterocycles. The van der Waals surface area contributed by atoms with Crippen molar-refractivity contribution in [2.24, 2.45) is 5.41 Å². The average Bonchev–Trinajstić information content (AvgIpc) is 1.99. The van der Waals surface area contributed by atoms with Gasteiger partial charge in [0.1, 0.15) is 0 Å². The Balaban J connectivity index is 4.23. The zero-order chi connectivity index (χ0) is 12.8. The maximum atomic E-state index is 11.8. The van der Waals surface area contributed by atoms with E-state index in [0.717, 1.165) is 0 Å². The molecule has 0 aliphatic heterocycles. The molecule has 0 aromatic carbocycles. The molecule has 0 spiro atoms. The van der Waals surface area contributed by atoms with Crippen molar-refractivity contribution < 1.29 is 22.9 Å². The second kappa shape index (κ2) is 6.38. The molecule has 0 heterocycles. The number of carbonyl (C=O) groups is 1. The number of hydrogen-bond acceptors (Lipinski definition) is 5. The van der Waals surface area contributed by atoms with E-state index in [9.17, 15) is 9.36 Å². The van der Waals surface area contributed by atoms with Crippen LogP contribution in [0.4, 0.5) is 0 Å². The Morgan fingerprint density at radius 1 is 1.25 bits per heavy atom. The molecule has 0 radical (unpaired) electrons. The molecule has 0 saturated carbocycles. The van der Waals surface area contributed by atoms with Gasteiger partial charge in [-0.1, -0.05) is 20.8 Å². The van der Waals surface area contributed by atoms with Crippen LogP contribution >= 0.6 is 7.82 Å². The van der Waals surface area contributed by atoms with E-state index in [-0.39, 0.29) is 18.6 Å². The monoisotopic (exact) mass is 252 g/mol. The smallest absolute Gasteiger partial charge is 0.371 e. The summed E-state index contributed by atoms with van der Waals surface area (Å²) in [6.07, 6.45) is 0.700. The van der Waals surface area contributed by atoms with Crippen molar-refractivity contribution in [3.8, 4) is 0 Å². The van der Waals surface area contributed by atoms with Gasteiger partial charge >= 0.3 is 13.8 Å². The van der Waals surface area contributed by atoms with Crippen LogP contribution in [0.15, 0.2) is 0 Å². The number of phosphoric acid groups is 1. The topological polar surface area (TPSA) is 61.8 Å². The van der Waals surface area contributed by atoms with Crippen molar-refractivity contribution >= 4 is 13.8 Å². The number of carbonyl (C=O) groups excluding carboxylic acids is 1.